The maximum absolute atomic E-state index is 9.69. The first kappa shape index (κ1) is 20.0. The van der Waals surface area contributed by atoms with Crippen LogP contribution in [0.1, 0.15) is 56.4 Å². The van der Waals surface area contributed by atoms with Gasteiger partial charge in [-0.3, -0.25) is 0 Å². The van der Waals surface area contributed by atoms with E-state index in [1.165, 1.54) is 33.2 Å². The van der Waals surface area contributed by atoms with Gasteiger partial charge in [0.2, 0.25) is 0 Å². The molecule has 154 valence electrons. The fourth-order valence-corrected chi connectivity index (χ4v) is 4.69. The maximum Gasteiger partial charge on any atom is 0.118 e. The average Bonchev–Trinajstić information content (AvgIpc) is 3.13. The fraction of sp³-hybridized carbons (Fsp3) is 0.440. The first-order chi connectivity index (χ1) is 14.0. The molecule has 29 heavy (non-hydrogen) atoms. The molecule has 0 fully saturated rings. The number of benzene rings is 2. The molecule has 0 amide bonds. The van der Waals surface area contributed by atoms with Crippen LogP contribution in [0.2, 0.25) is 0 Å². The number of methoxy groups -OCH3 is 1. The molecular formula is C25H31NO3. The third-order valence-corrected chi connectivity index (χ3v) is 6.36. The zero-order valence-electron chi connectivity index (χ0n) is 17.8. The molecule has 0 bridgehead atoms. The molecule has 0 radical (unpaired) electrons. The van der Waals surface area contributed by atoms with E-state index in [0.29, 0.717) is 18.9 Å². The Morgan fingerprint density at radius 3 is 2.55 bits per heavy atom. The normalized spacial score (nSPS) is 19.0. The van der Waals surface area contributed by atoms with Gasteiger partial charge < -0.3 is 19.6 Å². The van der Waals surface area contributed by atoms with E-state index in [-0.39, 0.29) is 6.61 Å². The SMILES string of the molecule is CCC1(CCO)OCCc2c1[nH]c1c(C(C)C)cc(-c3ccc(OC)cc3)cc21. The van der Waals surface area contributed by atoms with Crippen molar-refractivity contribution in [3.8, 4) is 16.9 Å². The van der Waals surface area contributed by atoms with Gasteiger partial charge in [-0.15, -0.1) is 0 Å². The van der Waals surface area contributed by atoms with Crippen LogP contribution < -0.4 is 4.74 Å². The van der Waals surface area contributed by atoms with Gasteiger partial charge in [0, 0.05) is 23.9 Å². The number of aromatic nitrogens is 1. The Bertz CT molecular complexity index is 1000. The summed E-state index contributed by atoms with van der Waals surface area (Å²) >= 11 is 0. The van der Waals surface area contributed by atoms with E-state index in [4.69, 9.17) is 9.47 Å². The molecule has 1 atom stereocenters. The lowest BCUT2D eigenvalue weighted by Gasteiger charge is -2.36. The van der Waals surface area contributed by atoms with Gasteiger partial charge in [-0.2, -0.15) is 0 Å². The molecule has 2 aromatic carbocycles. The van der Waals surface area contributed by atoms with Crippen LogP contribution in [-0.4, -0.2) is 30.4 Å². The zero-order valence-corrected chi connectivity index (χ0v) is 17.8. The predicted molar refractivity (Wildman–Crippen MR) is 118 cm³/mol. The van der Waals surface area contributed by atoms with Gasteiger partial charge >= 0.3 is 0 Å². The molecule has 0 saturated heterocycles. The third-order valence-electron chi connectivity index (χ3n) is 6.36. The highest BCUT2D eigenvalue weighted by Gasteiger charge is 2.38. The molecule has 4 heteroatoms. The Morgan fingerprint density at radius 2 is 1.93 bits per heavy atom. The highest BCUT2D eigenvalue weighted by Crippen LogP contribution is 2.44. The second kappa shape index (κ2) is 7.85. The molecule has 1 aliphatic heterocycles. The largest absolute Gasteiger partial charge is 0.497 e. The van der Waals surface area contributed by atoms with E-state index in [1.54, 1.807) is 7.11 Å². The molecule has 0 aliphatic carbocycles. The molecule has 0 saturated carbocycles. The standard InChI is InChI=1S/C25H31NO3/c1-5-25(11-12-27)24-20(10-13-29-25)22-15-18(14-21(16(2)3)23(22)26-24)17-6-8-19(28-4)9-7-17/h6-9,14-16,26-27H,5,10-13H2,1-4H3. The van der Waals surface area contributed by atoms with Crippen molar-refractivity contribution in [2.75, 3.05) is 20.3 Å². The Hall–Kier alpha value is -2.30. The summed E-state index contributed by atoms with van der Waals surface area (Å²) in [4.78, 5) is 3.73. The highest BCUT2D eigenvalue weighted by molar-refractivity contribution is 5.92. The Kier molecular flexibility index (Phi) is 5.41. The van der Waals surface area contributed by atoms with Crippen molar-refractivity contribution < 1.29 is 14.6 Å². The van der Waals surface area contributed by atoms with E-state index in [2.05, 4.69) is 50.0 Å². The minimum absolute atomic E-state index is 0.122. The summed E-state index contributed by atoms with van der Waals surface area (Å²) in [6.07, 6.45) is 2.35. The third kappa shape index (κ3) is 3.34. The summed E-state index contributed by atoms with van der Waals surface area (Å²) in [5.41, 5.74) is 7.02. The lowest BCUT2D eigenvalue weighted by atomic mass is 9.86. The monoisotopic (exact) mass is 393 g/mol. The fourth-order valence-electron chi connectivity index (χ4n) is 4.69. The van der Waals surface area contributed by atoms with Gasteiger partial charge in [0.15, 0.2) is 0 Å². The van der Waals surface area contributed by atoms with Crippen molar-refractivity contribution in [3.05, 3.63) is 53.2 Å². The lowest BCUT2D eigenvalue weighted by molar-refractivity contribution is -0.0795. The molecule has 2 heterocycles. The van der Waals surface area contributed by atoms with Crippen molar-refractivity contribution in [2.24, 2.45) is 0 Å². The summed E-state index contributed by atoms with van der Waals surface area (Å²) in [5.74, 6) is 1.26. The minimum Gasteiger partial charge on any atom is -0.497 e. The molecule has 1 aromatic heterocycles. The average molecular weight is 394 g/mol. The van der Waals surface area contributed by atoms with E-state index >= 15 is 0 Å². The number of aromatic amines is 1. The van der Waals surface area contributed by atoms with Crippen LogP contribution in [0.5, 0.6) is 5.75 Å². The van der Waals surface area contributed by atoms with Crippen molar-refractivity contribution >= 4 is 10.9 Å². The molecule has 1 aliphatic rings. The number of nitrogens with one attached hydrogen (secondary N) is 1. The number of rotatable bonds is 6. The number of ether oxygens (including phenoxy) is 2. The van der Waals surface area contributed by atoms with Crippen LogP contribution in [0.25, 0.3) is 22.0 Å². The second-order valence-corrected chi connectivity index (χ2v) is 8.27. The predicted octanol–water partition coefficient (Wildman–Crippen LogP) is 5.53. The summed E-state index contributed by atoms with van der Waals surface area (Å²) < 4.78 is 11.6. The van der Waals surface area contributed by atoms with E-state index in [0.717, 1.165) is 24.3 Å². The number of H-pyrrole nitrogens is 1. The van der Waals surface area contributed by atoms with Crippen molar-refractivity contribution in [2.45, 2.75) is 51.6 Å². The minimum atomic E-state index is -0.421. The molecule has 4 rings (SSSR count). The molecule has 2 N–H and O–H groups in total. The first-order valence-corrected chi connectivity index (χ1v) is 10.6. The van der Waals surface area contributed by atoms with Crippen LogP contribution in [-0.2, 0) is 16.8 Å². The van der Waals surface area contributed by atoms with Crippen LogP contribution in [0.3, 0.4) is 0 Å². The first-order valence-electron chi connectivity index (χ1n) is 10.6. The summed E-state index contributed by atoms with van der Waals surface area (Å²) in [6, 6.07) is 12.9. The Morgan fingerprint density at radius 1 is 1.17 bits per heavy atom. The number of fused-ring (bicyclic) bond motifs is 3. The van der Waals surface area contributed by atoms with E-state index in [9.17, 15) is 5.11 Å². The quantitative estimate of drug-likeness (QED) is 0.579. The van der Waals surface area contributed by atoms with Crippen LogP contribution in [0.4, 0.5) is 0 Å². The van der Waals surface area contributed by atoms with Gasteiger partial charge in [0.1, 0.15) is 11.4 Å². The van der Waals surface area contributed by atoms with Crippen molar-refractivity contribution in [3.63, 3.8) is 0 Å². The molecule has 4 nitrogen and oxygen atoms in total. The van der Waals surface area contributed by atoms with Gasteiger partial charge in [-0.05, 0) is 65.3 Å². The lowest BCUT2D eigenvalue weighted by Crippen LogP contribution is -2.36. The Labute approximate surface area is 172 Å². The summed E-state index contributed by atoms with van der Waals surface area (Å²) in [5, 5.41) is 11.0. The second-order valence-electron chi connectivity index (χ2n) is 8.27. The van der Waals surface area contributed by atoms with E-state index < -0.39 is 5.60 Å². The summed E-state index contributed by atoms with van der Waals surface area (Å²) in [7, 11) is 1.69. The number of hydrogen-bond acceptors (Lipinski definition) is 3. The van der Waals surface area contributed by atoms with Gasteiger partial charge in [0.25, 0.3) is 0 Å². The Balaban J connectivity index is 1.94. The van der Waals surface area contributed by atoms with Crippen LogP contribution in [0.15, 0.2) is 36.4 Å². The zero-order chi connectivity index (χ0) is 20.6. The smallest absolute Gasteiger partial charge is 0.118 e. The van der Waals surface area contributed by atoms with Crippen molar-refractivity contribution in [1.82, 2.24) is 4.98 Å². The maximum atomic E-state index is 9.69. The van der Waals surface area contributed by atoms with Crippen molar-refractivity contribution in [1.29, 1.82) is 0 Å². The molecule has 0 spiro atoms. The number of aliphatic hydroxyl groups excluding tert-OH is 1. The molecule has 1 unspecified atom stereocenters. The topological polar surface area (TPSA) is 54.5 Å². The number of aliphatic hydroxyl groups is 1. The van der Waals surface area contributed by atoms with Gasteiger partial charge in [-0.25, -0.2) is 0 Å². The van der Waals surface area contributed by atoms with E-state index in [1.807, 2.05) is 12.1 Å². The summed E-state index contributed by atoms with van der Waals surface area (Å²) in [6.45, 7) is 7.43. The van der Waals surface area contributed by atoms with Crippen LogP contribution >= 0.6 is 0 Å². The van der Waals surface area contributed by atoms with Crippen LogP contribution in [0, 0.1) is 0 Å². The van der Waals surface area contributed by atoms with Gasteiger partial charge in [-0.1, -0.05) is 32.9 Å². The molecule has 3 aromatic rings. The number of hydrogen-bond donors (Lipinski definition) is 2. The van der Waals surface area contributed by atoms with Gasteiger partial charge in [0.05, 0.1) is 19.4 Å². The highest BCUT2D eigenvalue weighted by atomic mass is 16.5. The molecular weight excluding hydrogens is 362 g/mol.